The van der Waals surface area contributed by atoms with E-state index in [1.54, 1.807) is 19.2 Å². The van der Waals surface area contributed by atoms with Crippen LogP contribution in [-0.2, 0) is 17.8 Å². The van der Waals surface area contributed by atoms with E-state index in [9.17, 15) is 4.79 Å². The molecule has 0 unspecified atom stereocenters. The van der Waals surface area contributed by atoms with Gasteiger partial charge in [0, 0.05) is 12.7 Å². The average Bonchev–Trinajstić information content (AvgIpc) is 2.80. The first kappa shape index (κ1) is 13.3. The van der Waals surface area contributed by atoms with E-state index in [1.807, 2.05) is 18.2 Å². The lowest BCUT2D eigenvalue weighted by atomic mass is 10.2. The van der Waals surface area contributed by atoms with E-state index in [1.165, 1.54) is 7.11 Å². The lowest BCUT2D eigenvalue weighted by Crippen LogP contribution is -2.13. The van der Waals surface area contributed by atoms with Crippen molar-refractivity contribution < 1.29 is 13.9 Å². The molecule has 0 aliphatic rings. The Balaban J connectivity index is 1.92. The van der Waals surface area contributed by atoms with E-state index in [2.05, 4.69) is 15.0 Å². The van der Waals surface area contributed by atoms with E-state index in [0.29, 0.717) is 30.2 Å². The Kier molecular flexibility index (Phi) is 4.30. The van der Waals surface area contributed by atoms with Crippen LogP contribution in [0.25, 0.3) is 0 Å². The van der Waals surface area contributed by atoms with Crippen molar-refractivity contribution in [3.05, 3.63) is 53.2 Å². The molecule has 2 heterocycles. The Morgan fingerprint density at radius 3 is 2.95 bits per heavy atom. The molecule has 0 aliphatic carbocycles. The van der Waals surface area contributed by atoms with Crippen molar-refractivity contribution in [2.24, 2.45) is 0 Å². The van der Waals surface area contributed by atoms with Crippen molar-refractivity contribution in [1.82, 2.24) is 10.3 Å². The van der Waals surface area contributed by atoms with E-state index >= 15 is 0 Å². The summed E-state index contributed by atoms with van der Waals surface area (Å²) in [5.41, 5.74) is 1.43. The number of ether oxygens (including phenoxy) is 1. The topological polar surface area (TPSA) is 64.4 Å². The predicted octanol–water partition coefficient (Wildman–Crippen LogP) is 2.06. The van der Waals surface area contributed by atoms with Gasteiger partial charge in [-0.1, -0.05) is 6.07 Å². The van der Waals surface area contributed by atoms with Crippen LogP contribution in [0.5, 0.6) is 0 Å². The number of nitrogens with one attached hydrogen (secondary N) is 1. The van der Waals surface area contributed by atoms with Crippen LogP contribution >= 0.6 is 0 Å². The normalized spacial score (nSPS) is 10.4. The van der Waals surface area contributed by atoms with Crippen molar-refractivity contribution in [3.8, 4) is 0 Å². The fraction of sp³-hybridized carbons (Fsp3) is 0.286. The maximum Gasteiger partial charge on any atom is 0.341 e. The van der Waals surface area contributed by atoms with Gasteiger partial charge in [0.2, 0.25) is 0 Å². The number of aromatic nitrogens is 1. The summed E-state index contributed by atoms with van der Waals surface area (Å²) in [6.45, 7) is 2.93. The highest BCUT2D eigenvalue weighted by atomic mass is 16.5. The summed E-state index contributed by atoms with van der Waals surface area (Å²) in [5, 5.41) is 3.21. The van der Waals surface area contributed by atoms with E-state index in [4.69, 9.17) is 4.42 Å². The zero-order valence-electron chi connectivity index (χ0n) is 11.0. The molecule has 0 saturated heterocycles. The van der Waals surface area contributed by atoms with Crippen LogP contribution in [0.4, 0.5) is 0 Å². The van der Waals surface area contributed by atoms with Crippen LogP contribution < -0.4 is 5.32 Å². The lowest BCUT2D eigenvalue weighted by molar-refractivity contribution is 0.0599. The van der Waals surface area contributed by atoms with Gasteiger partial charge in [0.15, 0.2) is 0 Å². The molecule has 2 aromatic heterocycles. The molecule has 0 aliphatic heterocycles. The van der Waals surface area contributed by atoms with Crippen molar-refractivity contribution in [2.75, 3.05) is 7.11 Å². The Bertz CT molecular complexity index is 549. The third kappa shape index (κ3) is 3.42. The first-order valence-electron chi connectivity index (χ1n) is 5.99. The minimum absolute atomic E-state index is 0.378. The third-order valence-corrected chi connectivity index (χ3v) is 2.71. The lowest BCUT2D eigenvalue weighted by Gasteiger charge is -2.01. The summed E-state index contributed by atoms with van der Waals surface area (Å²) in [5.74, 6) is 0.896. The smallest absolute Gasteiger partial charge is 0.341 e. The molecule has 1 N–H and O–H groups in total. The number of pyridine rings is 1. The number of methoxy groups -OCH3 is 1. The highest BCUT2D eigenvalue weighted by Gasteiger charge is 2.14. The first-order chi connectivity index (χ1) is 9.20. The van der Waals surface area contributed by atoms with E-state index in [-0.39, 0.29) is 5.97 Å². The monoisotopic (exact) mass is 260 g/mol. The summed E-state index contributed by atoms with van der Waals surface area (Å²) < 4.78 is 10.2. The first-order valence-corrected chi connectivity index (χ1v) is 5.99. The molecule has 0 aromatic carbocycles. The minimum atomic E-state index is -0.378. The van der Waals surface area contributed by atoms with Gasteiger partial charge in [-0.15, -0.1) is 0 Å². The van der Waals surface area contributed by atoms with Crippen molar-refractivity contribution in [2.45, 2.75) is 20.0 Å². The van der Waals surface area contributed by atoms with Crippen molar-refractivity contribution >= 4 is 5.97 Å². The maximum atomic E-state index is 11.4. The third-order valence-electron chi connectivity index (χ3n) is 2.71. The molecule has 19 heavy (non-hydrogen) atoms. The minimum Gasteiger partial charge on any atom is -0.465 e. The molecule has 2 aromatic rings. The number of hydrogen-bond donors (Lipinski definition) is 1. The zero-order chi connectivity index (χ0) is 13.7. The van der Waals surface area contributed by atoms with E-state index < -0.39 is 0 Å². The summed E-state index contributed by atoms with van der Waals surface area (Å²) >= 11 is 0. The Labute approximate surface area is 111 Å². The molecular formula is C14H16N2O3. The van der Waals surface area contributed by atoms with Crippen LogP contribution in [0.1, 0.15) is 27.6 Å². The van der Waals surface area contributed by atoms with Crippen LogP contribution in [0.3, 0.4) is 0 Å². The van der Waals surface area contributed by atoms with Crippen LogP contribution in [0, 0.1) is 6.92 Å². The molecule has 5 nitrogen and oxygen atoms in total. The molecule has 0 radical (unpaired) electrons. The second-order valence-electron chi connectivity index (χ2n) is 4.10. The molecule has 0 saturated carbocycles. The number of aryl methyl sites for hydroxylation is 1. The van der Waals surface area contributed by atoms with Crippen LogP contribution in [-0.4, -0.2) is 18.1 Å². The SMILES string of the molecule is COC(=O)c1cc(CNCc2ccccn2)oc1C. The molecule has 100 valence electrons. The highest BCUT2D eigenvalue weighted by Crippen LogP contribution is 2.15. The van der Waals surface area contributed by atoms with Gasteiger partial charge in [-0.05, 0) is 25.1 Å². The standard InChI is InChI=1S/C14H16N2O3/c1-10-13(14(17)18-2)7-12(19-10)9-15-8-11-5-3-4-6-16-11/h3-7,15H,8-9H2,1-2H3. The van der Waals surface area contributed by atoms with Crippen LogP contribution in [0.2, 0.25) is 0 Å². The molecule has 0 amide bonds. The second kappa shape index (κ2) is 6.15. The second-order valence-corrected chi connectivity index (χ2v) is 4.10. The van der Waals surface area contributed by atoms with Gasteiger partial charge in [0.25, 0.3) is 0 Å². The van der Waals surface area contributed by atoms with Gasteiger partial charge in [-0.2, -0.15) is 0 Å². The molecule has 0 spiro atoms. The number of furan rings is 1. The Morgan fingerprint density at radius 2 is 2.26 bits per heavy atom. The molecule has 0 bridgehead atoms. The Morgan fingerprint density at radius 1 is 1.42 bits per heavy atom. The molecule has 0 atom stereocenters. The quantitative estimate of drug-likeness (QED) is 0.834. The Hall–Kier alpha value is -2.14. The number of nitrogens with zero attached hydrogens (tertiary/aromatic N) is 1. The number of carbonyl (C=O) groups is 1. The van der Waals surface area contributed by atoms with Crippen molar-refractivity contribution in [3.63, 3.8) is 0 Å². The summed E-state index contributed by atoms with van der Waals surface area (Å²) in [4.78, 5) is 15.6. The van der Waals surface area contributed by atoms with Crippen molar-refractivity contribution in [1.29, 1.82) is 0 Å². The molecular weight excluding hydrogens is 244 g/mol. The maximum absolute atomic E-state index is 11.4. The predicted molar refractivity (Wildman–Crippen MR) is 69.6 cm³/mol. The van der Waals surface area contributed by atoms with Gasteiger partial charge >= 0.3 is 5.97 Å². The van der Waals surface area contributed by atoms with Gasteiger partial charge < -0.3 is 14.5 Å². The number of carbonyl (C=O) groups excluding carboxylic acids is 1. The number of rotatable bonds is 5. The summed E-state index contributed by atoms with van der Waals surface area (Å²) in [6, 6.07) is 7.46. The average molecular weight is 260 g/mol. The number of hydrogen-bond acceptors (Lipinski definition) is 5. The summed E-state index contributed by atoms with van der Waals surface area (Å²) in [6.07, 6.45) is 1.75. The fourth-order valence-corrected chi connectivity index (χ4v) is 1.76. The highest BCUT2D eigenvalue weighted by molar-refractivity contribution is 5.90. The number of esters is 1. The van der Waals surface area contributed by atoms with Gasteiger partial charge in [-0.3, -0.25) is 4.98 Å². The van der Waals surface area contributed by atoms with Gasteiger partial charge in [0.05, 0.1) is 19.3 Å². The van der Waals surface area contributed by atoms with Gasteiger partial charge in [-0.25, -0.2) is 4.79 Å². The van der Waals surface area contributed by atoms with Crippen LogP contribution in [0.15, 0.2) is 34.9 Å². The molecule has 0 fully saturated rings. The molecule has 5 heteroatoms. The fourth-order valence-electron chi connectivity index (χ4n) is 1.76. The largest absolute Gasteiger partial charge is 0.465 e. The van der Waals surface area contributed by atoms with Gasteiger partial charge in [0.1, 0.15) is 17.1 Å². The van der Waals surface area contributed by atoms with E-state index in [0.717, 1.165) is 5.69 Å². The molecule has 2 rings (SSSR count). The summed E-state index contributed by atoms with van der Waals surface area (Å²) in [7, 11) is 1.35. The zero-order valence-corrected chi connectivity index (χ0v) is 11.0.